The molecule has 0 bridgehead atoms. The Morgan fingerprint density at radius 3 is 2.60 bits per heavy atom. The van der Waals surface area contributed by atoms with E-state index >= 15 is 0 Å². The third-order valence-corrected chi connectivity index (χ3v) is 2.86. The number of halogens is 2. The van der Waals surface area contributed by atoms with Gasteiger partial charge in [0.15, 0.2) is 11.6 Å². The fraction of sp³-hybridized carbons (Fsp3) is 0.0667. The number of aromatic nitrogens is 2. The molecule has 0 fully saturated rings. The molecule has 0 atom stereocenters. The highest BCUT2D eigenvalue weighted by Gasteiger charge is 2.08. The third kappa shape index (κ3) is 2.30. The molecule has 0 aliphatic carbocycles. The van der Waals surface area contributed by atoms with Crippen molar-refractivity contribution in [3.63, 3.8) is 0 Å². The van der Waals surface area contributed by atoms with Crippen LogP contribution in [0, 0.1) is 18.6 Å². The minimum Gasteiger partial charge on any atom is -0.438 e. The van der Waals surface area contributed by atoms with Crippen LogP contribution >= 0.6 is 0 Å². The van der Waals surface area contributed by atoms with Gasteiger partial charge in [-0.3, -0.25) is 0 Å². The van der Waals surface area contributed by atoms with Crippen LogP contribution in [0.1, 0.15) is 5.56 Å². The second-order valence-electron chi connectivity index (χ2n) is 4.38. The first kappa shape index (κ1) is 12.5. The first-order valence-corrected chi connectivity index (χ1v) is 5.98. The highest BCUT2D eigenvalue weighted by molar-refractivity contribution is 5.84. The summed E-state index contributed by atoms with van der Waals surface area (Å²) >= 11 is 0. The number of ether oxygens (including phenoxy) is 1. The van der Waals surface area contributed by atoms with Crippen LogP contribution in [0.15, 0.2) is 42.7 Å². The van der Waals surface area contributed by atoms with Gasteiger partial charge in [-0.15, -0.1) is 0 Å². The molecule has 0 unspecified atom stereocenters. The van der Waals surface area contributed by atoms with E-state index in [4.69, 9.17) is 4.74 Å². The lowest BCUT2D eigenvalue weighted by Crippen LogP contribution is -1.93. The van der Waals surface area contributed by atoms with Gasteiger partial charge in [0.25, 0.3) is 0 Å². The van der Waals surface area contributed by atoms with E-state index in [0.717, 1.165) is 28.6 Å². The SMILES string of the molecule is Cc1ccc2ncnc(Oc3ccc(F)c(F)c3)c2c1. The molecule has 0 amide bonds. The van der Waals surface area contributed by atoms with E-state index < -0.39 is 11.6 Å². The van der Waals surface area contributed by atoms with Gasteiger partial charge in [0, 0.05) is 6.07 Å². The molecule has 0 spiro atoms. The van der Waals surface area contributed by atoms with E-state index in [2.05, 4.69) is 9.97 Å². The molecule has 0 aliphatic rings. The minimum atomic E-state index is -0.961. The Hall–Kier alpha value is -2.56. The van der Waals surface area contributed by atoms with E-state index in [-0.39, 0.29) is 5.75 Å². The van der Waals surface area contributed by atoms with Crippen LogP contribution in [0.2, 0.25) is 0 Å². The van der Waals surface area contributed by atoms with Crippen molar-refractivity contribution < 1.29 is 13.5 Å². The Morgan fingerprint density at radius 2 is 1.80 bits per heavy atom. The molecule has 3 aromatic rings. The Labute approximate surface area is 113 Å². The molecule has 100 valence electrons. The molecule has 5 heteroatoms. The number of hydrogen-bond donors (Lipinski definition) is 0. The van der Waals surface area contributed by atoms with Gasteiger partial charge in [0.1, 0.15) is 12.1 Å². The van der Waals surface area contributed by atoms with Gasteiger partial charge in [0.2, 0.25) is 5.88 Å². The van der Waals surface area contributed by atoms with Crippen molar-refractivity contribution in [2.75, 3.05) is 0 Å². The lowest BCUT2D eigenvalue weighted by Gasteiger charge is -2.08. The zero-order valence-corrected chi connectivity index (χ0v) is 10.6. The lowest BCUT2D eigenvalue weighted by molar-refractivity contribution is 0.451. The summed E-state index contributed by atoms with van der Waals surface area (Å²) in [7, 11) is 0. The maximum atomic E-state index is 13.2. The molecule has 20 heavy (non-hydrogen) atoms. The van der Waals surface area contributed by atoms with E-state index in [9.17, 15) is 8.78 Å². The predicted octanol–water partition coefficient (Wildman–Crippen LogP) is 4.01. The Kier molecular flexibility index (Phi) is 3.02. The first-order chi connectivity index (χ1) is 9.63. The standard InChI is InChI=1S/C15H10F2N2O/c1-9-2-5-14-11(6-9)15(19-8-18-14)20-10-3-4-12(16)13(17)7-10/h2-8H,1H3. The normalized spacial score (nSPS) is 10.8. The smallest absolute Gasteiger partial charge is 0.230 e. The molecule has 2 aromatic carbocycles. The van der Waals surface area contributed by atoms with E-state index in [1.165, 1.54) is 12.4 Å². The zero-order valence-electron chi connectivity index (χ0n) is 10.6. The van der Waals surface area contributed by atoms with Crippen LogP contribution in [0.4, 0.5) is 8.78 Å². The van der Waals surface area contributed by atoms with E-state index in [0.29, 0.717) is 5.88 Å². The van der Waals surface area contributed by atoms with Crippen molar-refractivity contribution in [3.05, 3.63) is 59.9 Å². The van der Waals surface area contributed by atoms with Crippen LogP contribution in [0.5, 0.6) is 11.6 Å². The van der Waals surface area contributed by atoms with Gasteiger partial charge >= 0.3 is 0 Å². The Balaban J connectivity index is 2.05. The Bertz CT molecular complexity index is 790. The molecular weight excluding hydrogens is 262 g/mol. The number of nitrogens with zero attached hydrogens (tertiary/aromatic N) is 2. The van der Waals surface area contributed by atoms with Gasteiger partial charge in [-0.2, -0.15) is 0 Å². The maximum Gasteiger partial charge on any atom is 0.230 e. The summed E-state index contributed by atoms with van der Waals surface area (Å²) in [5.74, 6) is -1.38. The molecule has 0 aliphatic heterocycles. The van der Waals surface area contributed by atoms with Gasteiger partial charge in [-0.05, 0) is 31.2 Å². The van der Waals surface area contributed by atoms with Crippen LogP contribution in [0.3, 0.4) is 0 Å². The maximum absolute atomic E-state index is 13.2. The molecule has 0 N–H and O–H groups in total. The van der Waals surface area contributed by atoms with Crippen molar-refractivity contribution in [2.24, 2.45) is 0 Å². The summed E-state index contributed by atoms with van der Waals surface area (Å²) in [5, 5.41) is 0.720. The number of aryl methyl sites for hydroxylation is 1. The Morgan fingerprint density at radius 1 is 0.950 bits per heavy atom. The lowest BCUT2D eigenvalue weighted by atomic mass is 10.2. The molecule has 1 heterocycles. The predicted molar refractivity (Wildman–Crippen MR) is 70.7 cm³/mol. The van der Waals surface area contributed by atoms with Gasteiger partial charge in [-0.25, -0.2) is 18.7 Å². The van der Waals surface area contributed by atoms with Crippen LogP contribution in [-0.2, 0) is 0 Å². The molecule has 0 saturated heterocycles. The number of rotatable bonds is 2. The second-order valence-corrected chi connectivity index (χ2v) is 4.38. The largest absolute Gasteiger partial charge is 0.438 e. The minimum absolute atomic E-state index is 0.186. The summed E-state index contributed by atoms with van der Waals surface area (Å²) in [6, 6.07) is 9.01. The third-order valence-electron chi connectivity index (χ3n) is 2.86. The average Bonchev–Trinajstić information content (AvgIpc) is 2.44. The monoisotopic (exact) mass is 272 g/mol. The van der Waals surface area contributed by atoms with Crippen LogP contribution in [-0.4, -0.2) is 9.97 Å². The highest BCUT2D eigenvalue weighted by Crippen LogP contribution is 2.27. The average molecular weight is 272 g/mol. The number of hydrogen-bond acceptors (Lipinski definition) is 3. The molecule has 0 radical (unpaired) electrons. The highest BCUT2D eigenvalue weighted by atomic mass is 19.2. The molecular formula is C15H10F2N2O. The van der Waals surface area contributed by atoms with Crippen molar-refractivity contribution >= 4 is 10.9 Å². The first-order valence-electron chi connectivity index (χ1n) is 5.98. The molecule has 1 aromatic heterocycles. The molecule has 3 rings (SSSR count). The summed E-state index contributed by atoms with van der Waals surface area (Å²) in [6.07, 6.45) is 1.37. The topological polar surface area (TPSA) is 35.0 Å². The summed E-state index contributed by atoms with van der Waals surface area (Å²) < 4.78 is 31.6. The summed E-state index contributed by atoms with van der Waals surface area (Å²) in [5.41, 5.74) is 1.76. The number of fused-ring (bicyclic) bond motifs is 1. The molecule has 0 saturated carbocycles. The summed E-state index contributed by atoms with van der Waals surface area (Å²) in [4.78, 5) is 8.18. The van der Waals surface area contributed by atoms with Crippen molar-refractivity contribution in [2.45, 2.75) is 6.92 Å². The quantitative estimate of drug-likeness (QED) is 0.707. The van der Waals surface area contributed by atoms with Gasteiger partial charge in [-0.1, -0.05) is 11.6 Å². The number of benzene rings is 2. The van der Waals surface area contributed by atoms with Gasteiger partial charge in [0.05, 0.1) is 10.9 Å². The van der Waals surface area contributed by atoms with Crippen molar-refractivity contribution in [1.29, 1.82) is 0 Å². The van der Waals surface area contributed by atoms with Gasteiger partial charge < -0.3 is 4.74 Å². The van der Waals surface area contributed by atoms with E-state index in [1.54, 1.807) is 0 Å². The molecule has 3 nitrogen and oxygen atoms in total. The summed E-state index contributed by atoms with van der Waals surface area (Å²) in [6.45, 7) is 1.94. The fourth-order valence-corrected chi connectivity index (χ4v) is 1.88. The van der Waals surface area contributed by atoms with Crippen LogP contribution in [0.25, 0.3) is 10.9 Å². The van der Waals surface area contributed by atoms with E-state index in [1.807, 2.05) is 25.1 Å². The fourth-order valence-electron chi connectivity index (χ4n) is 1.88. The van der Waals surface area contributed by atoms with Crippen molar-refractivity contribution in [3.8, 4) is 11.6 Å². The second kappa shape index (κ2) is 4.85. The van der Waals surface area contributed by atoms with Crippen molar-refractivity contribution in [1.82, 2.24) is 9.97 Å². The van der Waals surface area contributed by atoms with Crippen LogP contribution < -0.4 is 4.74 Å². The zero-order chi connectivity index (χ0) is 14.1.